The molecular weight excluding hydrogens is 1480 g/mol. The Labute approximate surface area is 684 Å². The van der Waals surface area contributed by atoms with Crippen molar-refractivity contribution in [2.24, 2.45) is 164 Å². The van der Waals surface area contributed by atoms with E-state index < -0.39 is 47.1 Å². The van der Waals surface area contributed by atoms with E-state index in [2.05, 4.69) is 68.7 Å². The predicted octanol–water partition coefficient (Wildman–Crippen LogP) is 15.3. The van der Waals surface area contributed by atoms with Gasteiger partial charge in [0, 0.05) is 36.1 Å². The van der Waals surface area contributed by atoms with Gasteiger partial charge in [0.25, 0.3) is 0 Å². The summed E-state index contributed by atoms with van der Waals surface area (Å²) in [6, 6.07) is 0. The first-order valence-electron chi connectivity index (χ1n) is 46.1. The van der Waals surface area contributed by atoms with E-state index in [0.29, 0.717) is 159 Å². The third-order valence-electron chi connectivity index (χ3n) is 37.6. The number of rotatable bonds is 12. The molecule has 20 rings (SSSR count). The molecule has 0 radical (unpaired) electrons. The zero-order valence-corrected chi connectivity index (χ0v) is 70.5. The number of carbonyl (C=O) groups excluding carboxylic acids is 4. The van der Waals surface area contributed by atoms with Gasteiger partial charge in [-0.15, -0.1) is 10.2 Å². The lowest BCUT2D eigenvalue weighted by Crippen LogP contribution is -2.54. The normalized spacial score (nSPS) is 49.2. The summed E-state index contributed by atoms with van der Waals surface area (Å²) in [5.74, 6) is 8.64. The molecule has 36 atom stereocenters. The van der Waals surface area contributed by atoms with Gasteiger partial charge in [0.2, 0.25) is 0 Å². The standard InChI is InChI=1S/4C23H34FN3O2/c2*1-22(29)7-5-15-14-6-8-23(2)18(16(14)11-20(24)17(15)12-22)3-4-19(23)21(28)13-27-10-9-25-26-27;2*1-22(29)7-5-15-14-6-8-23(2)18(16(14)11-20(24)17(15)12-22)3-4-19(23)21(28)13-27-25-9-10-26-27/h4*9-10,14-20,29H,3-8,11-13H2,1-2H3/t4*14-,15-,16-,17+,18+,19-,20-,22-,23+/m1111/s1. The topological polar surface area (TPSA) is 272 Å². The van der Waals surface area contributed by atoms with E-state index in [1.165, 1.54) is 9.59 Å². The SMILES string of the molecule is C[C@@]1(O)CC[C@@H]2[C@H]3CC[C@]4(C)[C@@H](C(=O)Cn5ccnn5)CC[C@H]4[C@@H]3C[C@@H](F)[C@H]2C1.C[C@@]1(O)CC[C@@H]2[C@H]3CC[C@]4(C)[C@@H](C(=O)Cn5ccnn5)CC[C@H]4[C@@H]3C[C@@H](F)[C@H]2C1.C[C@@]1(O)CC[C@@H]2[C@H]3CC[C@]4(C)[C@@H](C(=O)Cn5nccn5)CC[C@H]4[C@@H]3C[C@@H](F)[C@H]2C1.C[C@@]1(O)CC[C@@H]2[C@H]3CC[C@]4(C)[C@@H](C(=O)Cn5nccn5)CC[C@H]4[C@@H]3C[C@@H](F)[C@H]2C1. The molecule has 16 aliphatic rings. The van der Waals surface area contributed by atoms with Crippen LogP contribution in [0, 0.1) is 164 Å². The van der Waals surface area contributed by atoms with Crippen molar-refractivity contribution in [3.63, 3.8) is 0 Å². The van der Waals surface area contributed by atoms with Gasteiger partial charge in [0.05, 0.1) is 59.6 Å². The van der Waals surface area contributed by atoms with E-state index in [9.17, 15) is 39.6 Å². The van der Waals surface area contributed by atoms with Crippen molar-refractivity contribution in [1.82, 2.24) is 60.0 Å². The Bertz CT molecular complexity index is 3580. The average Bonchev–Trinajstić information content (AvgIpc) is 1.50. The van der Waals surface area contributed by atoms with Crippen molar-refractivity contribution in [3.8, 4) is 0 Å². The van der Waals surface area contributed by atoms with E-state index in [-0.39, 0.29) is 105 Å². The first-order chi connectivity index (χ1) is 55.1. The fourth-order valence-electron chi connectivity index (χ4n) is 32.5. The maximum atomic E-state index is 15.3. The van der Waals surface area contributed by atoms with Gasteiger partial charge in [-0.1, -0.05) is 38.1 Å². The van der Waals surface area contributed by atoms with Crippen molar-refractivity contribution in [3.05, 3.63) is 49.6 Å². The Kier molecular flexibility index (Phi) is 22.6. The minimum Gasteiger partial charge on any atom is -0.390 e. The molecule has 4 aromatic heterocycles. The molecule has 4 heterocycles. The lowest BCUT2D eigenvalue weighted by molar-refractivity contribution is -0.139. The Morgan fingerprint density at radius 3 is 0.759 bits per heavy atom. The summed E-state index contributed by atoms with van der Waals surface area (Å²) < 4.78 is 64.6. The summed E-state index contributed by atoms with van der Waals surface area (Å²) in [6.45, 7) is 17.8. The molecule has 4 aromatic rings. The first kappa shape index (κ1) is 83.1. The van der Waals surface area contributed by atoms with Crippen LogP contribution in [0.25, 0.3) is 0 Å². The van der Waals surface area contributed by atoms with E-state index in [4.69, 9.17) is 0 Å². The number of halogens is 4. The maximum absolute atomic E-state index is 15.3. The Balaban J connectivity index is 0.000000111. The lowest BCUT2D eigenvalue weighted by Gasteiger charge is -2.57. The predicted molar refractivity (Wildman–Crippen MR) is 426 cm³/mol. The highest BCUT2D eigenvalue weighted by Crippen LogP contribution is 2.71. The molecule has 16 fully saturated rings. The van der Waals surface area contributed by atoms with Crippen molar-refractivity contribution in [2.75, 3.05) is 0 Å². The van der Waals surface area contributed by atoms with Gasteiger partial charge in [-0.25, -0.2) is 26.9 Å². The van der Waals surface area contributed by atoms with E-state index in [1.807, 2.05) is 27.7 Å². The van der Waals surface area contributed by atoms with E-state index >= 15 is 17.6 Å². The molecule has 16 aliphatic carbocycles. The number of Topliss-reactive ketones (excluding diaryl/α,β-unsaturated/α-hetero) is 4. The van der Waals surface area contributed by atoms with Crippen LogP contribution in [0.15, 0.2) is 49.6 Å². The lowest BCUT2D eigenvalue weighted by atomic mass is 9.48. The fourth-order valence-corrected chi connectivity index (χ4v) is 32.5. The second-order valence-electron chi connectivity index (χ2n) is 43.9. The van der Waals surface area contributed by atoms with Gasteiger partial charge in [-0.2, -0.15) is 30.0 Å². The average molecular weight is 1610 g/mol. The molecule has 116 heavy (non-hydrogen) atoms. The summed E-state index contributed by atoms with van der Waals surface area (Å²) in [5, 5.41) is 74.0. The fraction of sp³-hybridized carbons (Fsp3) is 0.870. The number of nitrogens with zero attached hydrogens (tertiary/aromatic N) is 12. The number of aromatic nitrogens is 12. The second kappa shape index (κ2) is 31.6. The highest BCUT2D eigenvalue weighted by molar-refractivity contribution is 5.83. The van der Waals surface area contributed by atoms with Crippen LogP contribution in [0.2, 0.25) is 0 Å². The third-order valence-corrected chi connectivity index (χ3v) is 37.6. The molecule has 0 aromatic carbocycles. The van der Waals surface area contributed by atoms with Gasteiger partial charge in [-0.3, -0.25) is 19.2 Å². The zero-order chi connectivity index (χ0) is 81.6. The number of hydrogen-bond donors (Lipinski definition) is 4. The number of ketones is 4. The van der Waals surface area contributed by atoms with Gasteiger partial charge in [-0.05, 0) is 373 Å². The quantitative estimate of drug-likeness (QED) is 0.0960. The molecular formula is C92H136F4N12O8. The summed E-state index contributed by atoms with van der Waals surface area (Å²) >= 11 is 0. The molecule has 4 N–H and O–H groups in total. The Morgan fingerprint density at radius 1 is 0.302 bits per heavy atom. The highest BCUT2D eigenvalue weighted by atomic mass is 19.1. The molecule has 0 aliphatic heterocycles. The minimum absolute atomic E-state index is 0.00838. The number of carbonyl (C=O) groups is 4. The van der Waals surface area contributed by atoms with E-state index in [1.54, 1.807) is 58.9 Å². The van der Waals surface area contributed by atoms with Crippen LogP contribution < -0.4 is 0 Å². The monoisotopic (exact) mass is 1610 g/mol. The summed E-state index contributed by atoms with van der Waals surface area (Å²) in [4.78, 5) is 55.4. The number of aliphatic hydroxyl groups is 4. The first-order valence-corrected chi connectivity index (χ1v) is 46.1. The minimum atomic E-state index is -0.807. The van der Waals surface area contributed by atoms with Crippen LogP contribution in [0.4, 0.5) is 17.6 Å². The second-order valence-corrected chi connectivity index (χ2v) is 43.9. The molecule has 0 spiro atoms. The summed E-state index contributed by atoms with van der Waals surface area (Å²) in [5.41, 5.74) is -2.85. The van der Waals surface area contributed by atoms with Gasteiger partial charge < -0.3 is 20.4 Å². The zero-order valence-electron chi connectivity index (χ0n) is 70.5. The largest absolute Gasteiger partial charge is 0.390 e. The third kappa shape index (κ3) is 15.4. The molecule has 0 saturated heterocycles. The van der Waals surface area contributed by atoms with Crippen molar-refractivity contribution < 1.29 is 57.2 Å². The number of fused-ring (bicyclic) bond motifs is 20. The summed E-state index contributed by atoms with van der Waals surface area (Å²) in [6.07, 6.45) is 38.5. The summed E-state index contributed by atoms with van der Waals surface area (Å²) in [7, 11) is 0. The molecule has 24 heteroatoms. The smallest absolute Gasteiger partial charge is 0.159 e. The van der Waals surface area contributed by atoms with Crippen LogP contribution in [0.5, 0.6) is 0 Å². The van der Waals surface area contributed by atoms with Crippen LogP contribution in [-0.4, -0.2) is 151 Å². The molecule has 0 amide bonds. The number of hydrogen-bond acceptors (Lipinski definition) is 16. The molecule has 16 saturated carbocycles. The van der Waals surface area contributed by atoms with Gasteiger partial charge in [0.15, 0.2) is 23.1 Å². The van der Waals surface area contributed by atoms with Crippen LogP contribution in [0.1, 0.15) is 261 Å². The van der Waals surface area contributed by atoms with Crippen molar-refractivity contribution in [2.45, 2.75) is 334 Å². The van der Waals surface area contributed by atoms with Crippen LogP contribution >= 0.6 is 0 Å². The van der Waals surface area contributed by atoms with Crippen LogP contribution in [0.3, 0.4) is 0 Å². The van der Waals surface area contributed by atoms with E-state index in [0.717, 1.165) is 154 Å². The Morgan fingerprint density at radius 2 is 0.526 bits per heavy atom. The molecule has 640 valence electrons. The molecule has 0 unspecified atom stereocenters. The van der Waals surface area contributed by atoms with Crippen LogP contribution in [-0.2, 0) is 45.4 Å². The molecule has 0 bridgehead atoms. The number of alkyl halides is 4. The van der Waals surface area contributed by atoms with Gasteiger partial charge >= 0.3 is 0 Å². The van der Waals surface area contributed by atoms with Gasteiger partial charge in [0.1, 0.15) is 50.9 Å². The van der Waals surface area contributed by atoms with Crippen molar-refractivity contribution >= 4 is 23.1 Å². The molecule has 20 nitrogen and oxygen atoms in total. The Hall–Kier alpha value is -5.20. The van der Waals surface area contributed by atoms with Crippen molar-refractivity contribution in [1.29, 1.82) is 0 Å². The maximum Gasteiger partial charge on any atom is 0.159 e. The highest BCUT2D eigenvalue weighted by Gasteiger charge is 2.66.